The predicted octanol–water partition coefficient (Wildman–Crippen LogP) is 1.79. The van der Waals surface area contributed by atoms with E-state index in [1.54, 1.807) is 0 Å². The van der Waals surface area contributed by atoms with Gasteiger partial charge in [0.2, 0.25) is 0 Å². The molecule has 2 nitrogen and oxygen atoms in total. The maximum atomic E-state index is 5.51. The second-order valence-electron chi connectivity index (χ2n) is 2.78. The van der Waals surface area contributed by atoms with Crippen LogP contribution in [0.5, 0.6) is 0 Å². The van der Waals surface area contributed by atoms with Gasteiger partial charge in [0.25, 0.3) is 0 Å². The summed E-state index contributed by atoms with van der Waals surface area (Å²) in [5.74, 6) is 2.08. The normalized spacial score (nSPS) is 30.4. The first kappa shape index (κ1) is 7.17. The van der Waals surface area contributed by atoms with Gasteiger partial charge in [0, 0.05) is 5.29 Å². The quantitative estimate of drug-likeness (QED) is 0.516. The van der Waals surface area contributed by atoms with Crippen molar-refractivity contribution in [2.45, 2.75) is 19.5 Å². The number of rotatable bonds is 0. The molecular formula is C8H11O2P. The highest BCUT2D eigenvalue weighted by Gasteiger charge is 2.27. The van der Waals surface area contributed by atoms with E-state index in [9.17, 15) is 0 Å². The molecule has 1 atom stereocenters. The molecule has 0 spiro atoms. The van der Waals surface area contributed by atoms with Gasteiger partial charge < -0.3 is 9.47 Å². The number of hydrogen-bond acceptors (Lipinski definition) is 2. The summed E-state index contributed by atoms with van der Waals surface area (Å²) in [6, 6.07) is 0. The summed E-state index contributed by atoms with van der Waals surface area (Å²) in [7, 11) is 1.34. The monoisotopic (exact) mass is 170 g/mol. The van der Waals surface area contributed by atoms with E-state index in [-0.39, 0.29) is 0 Å². The molecule has 0 saturated heterocycles. The van der Waals surface area contributed by atoms with Crippen LogP contribution < -0.4 is 0 Å². The lowest BCUT2D eigenvalue weighted by atomic mass is 10.2. The largest absolute Gasteiger partial charge is 0.489 e. The second kappa shape index (κ2) is 2.53. The molecule has 0 radical (unpaired) electrons. The van der Waals surface area contributed by atoms with E-state index in [1.165, 1.54) is 13.5 Å². The van der Waals surface area contributed by atoms with Gasteiger partial charge in [-0.2, -0.15) is 0 Å². The number of hydrogen-bond donors (Lipinski definition) is 0. The van der Waals surface area contributed by atoms with E-state index < -0.39 is 0 Å². The zero-order chi connectivity index (χ0) is 7.84. The van der Waals surface area contributed by atoms with Crippen LogP contribution in [-0.2, 0) is 9.47 Å². The van der Waals surface area contributed by atoms with Gasteiger partial charge in [0.05, 0.1) is 5.66 Å². The molecule has 0 saturated carbocycles. The van der Waals surface area contributed by atoms with Crippen LogP contribution in [0.4, 0.5) is 0 Å². The SMILES string of the molecule is CC1=PC(C)C2=C1OCCO2. The molecule has 2 heterocycles. The van der Waals surface area contributed by atoms with E-state index in [0.717, 1.165) is 11.5 Å². The van der Waals surface area contributed by atoms with Gasteiger partial charge in [-0.05, 0) is 13.8 Å². The Morgan fingerprint density at radius 2 is 2.09 bits per heavy atom. The third kappa shape index (κ3) is 1.06. The van der Waals surface area contributed by atoms with Gasteiger partial charge in [-0.25, -0.2) is 0 Å². The maximum absolute atomic E-state index is 5.51. The minimum atomic E-state index is 0.505. The molecule has 60 valence electrons. The molecule has 0 N–H and O–H groups in total. The summed E-state index contributed by atoms with van der Waals surface area (Å²) in [6.45, 7) is 5.70. The van der Waals surface area contributed by atoms with E-state index in [0.29, 0.717) is 18.9 Å². The smallest absolute Gasteiger partial charge is 0.165 e. The van der Waals surface area contributed by atoms with Crippen LogP contribution in [0.1, 0.15) is 13.8 Å². The average molecular weight is 170 g/mol. The van der Waals surface area contributed by atoms with E-state index in [4.69, 9.17) is 9.47 Å². The Hall–Kier alpha value is -0.490. The Kier molecular flexibility index (Phi) is 1.65. The molecule has 2 aliphatic rings. The predicted molar refractivity (Wildman–Crippen MR) is 46.0 cm³/mol. The zero-order valence-corrected chi connectivity index (χ0v) is 7.65. The molecule has 2 rings (SSSR count). The van der Waals surface area contributed by atoms with Gasteiger partial charge in [-0.3, -0.25) is 0 Å². The first-order chi connectivity index (χ1) is 5.29. The van der Waals surface area contributed by atoms with Crippen molar-refractivity contribution < 1.29 is 9.47 Å². The van der Waals surface area contributed by atoms with Crippen LogP contribution in [0.2, 0.25) is 0 Å². The zero-order valence-electron chi connectivity index (χ0n) is 6.76. The van der Waals surface area contributed by atoms with Crippen LogP contribution in [0, 0.1) is 0 Å². The topological polar surface area (TPSA) is 18.5 Å². The maximum Gasteiger partial charge on any atom is 0.165 e. The molecular weight excluding hydrogens is 159 g/mol. The van der Waals surface area contributed by atoms with E-state index >= 15 is 0 Å². The highest BCUT2D eigenvalue weighted by molar-refractivity contribution is 7.43. The molecule has 0 amide bonds. The molecule has 2 aliphatic heterocycles. The van der Waals surface area contributed by atoms with Crippen molar-refractivity contribution in [3.63, 3.8) is 0 Å². The van der Waals surface area contributed by atoms with Crippen molar-refractivity contribution in [1.29, 1.82) is 0 Å². The van der Waals surface area contributed by atoms with Gasteiger partial charge >= 0.3 is 0 Å². The van der Waals surface area contributed by atoms with Crippen molar-refractivity contribution in [1.82, 2.24) is 0 Å². The third-order valence-corrected chi connectivity index (χ3v) is 3.12. The minimum absolute atomic E-state index is 0.505. The van der Waals surface area contributed by atoms with Gasteiger partial charge in [0.1, 0.15) is 19.0 Å². The second-order valence-corrected chi connectivity index (χ2v) is 4.48. The third-order valence-electron chi connectivity index (χ3n) is 1.91. The fraction of sp³-hybridized carbons (Fsp3) is 0.625. The molecule has 0 bridgehead atoms. The van der Waals surface area contributed by atoms with Crippen LogP contribution >= 0.6 is 8.20 Å². The molecule has 11 heavy (non-hydrogen) atoms. The first-order valence-electron chi connectivity index (χ1n) is 3.83. The number of allylic oxidation sites excluding steroid dienone is 2. The van der Waals surface area contributed by atoms with Crippen molar-refractivity contribution in [2.75, 3.05) is 13.2 Å². The summed E-state index contributed by atoms with van der Waals surface area (Å²) in [5.41, 5.74) is 0.505. The van der Waals surface area contributed by atoms with Crippen LogP contribution in [0.15, 0.2) is 11.5 Å². The summed E-state index contributed by atoms with van der Waals surface area (Å²) in [6.07, 6.45) is 0. The highest BCUT2D eigenvalue weighted by atomic mass is 31.1. The lowest BCUT2D eigenvalue weighted by molar-refractivity contribution is 0.0723. The lowest BCUT2D eigenvalue weighted by Gasteiger charge is -2.19. The number of ether oxygens (including phenoxy) is 2. The van der Waals surface area contributed by atoms with Gasteiger partial charge in [-0.15, -0.1) is 0 Å². The highest BCUT2D eigenvalue weighted by Crippen LogP contribution is 2.34. The molecule has 0 fully saturated rings. The standard InChI is InChI=1S/C8H11O2P/c1-5-7-8(6(2)11-5)10-4-3-9-7/h5H,3-4H2,1-2H3. The average Bonchev–Trinajstić information content (AvgIpc) is 2.30. The van der Waals surface area contributed by atoms with Gasteiger partial charge in [0.15, 0.2) is 5.76 Å². The van der Waals surface area contributed by atoms with Crippen molar-refractivity contribution in [2.24, 2.45) is 0 Å². The lowest BCUT2D eigenvalue weighted by Crippen LogP contribution is -2.17. The summed E-state index contributed by atoms with van der Waals surface area (Å²) < 4.78 is 11.0. The van der Waals surface area contributed by atoms with Crippen LogP contribution in [0.3, 0.4) is 0 Å². The molecule has 0 aliphatic carbocycles. The van der Waals surface area contributed by atoms with E-state index in [1.807, 2.05) is 0 Å². The summed E-state index contributed by atoms with van der Waals surface area (Å²) in [5, 5.41) is 1.31. The Morgan fingerprint density at radius 3 is 2.82 bits per heavy atom. The molecule has 0 aromatic heterocycles. The Bertz CT molecular complexity index is 242. The fourth-order valence-corrected chi connectivity index (χ4v) is 2.61. The van der Waals surface area contributed by atoms with Crippen LogP contribution in [0.25, 0.3) is 0 Å². The Labute approximate surface area is 68.0 Å². The first-order valence-corrected chi connectivity index (χ1v) is 4.80. The van der Waals surface area contributed by atoms with Crippen molar-refractivity contribution >= 4 is 13.5 Å². The van der Waals surface area contributed by atoms with Crippen LogP contribution in [-0.4, -0.2) is 24.2 Å². The summed E-state index contributed by atoms with van der Waals surface area (Å²) >= 11 is 0. The minimum Gasteiger partial charge on any atom is -0.489 e. The van der Waals surface area contributed by atoms with Crippen molar-refractivity contribution in [3.8, 4) is 0 Å². The summed E-state index contributed by atoms with van der Waals surface area (Å²) in [4.78, 5) is 0. The molecule has 0 aromatic carbocycles. The molecule has 0 aromatic rings. The molecule has 1 unspecified atom stereocenters. The van der Waals surface area contributed by atoms with Crippen molar-refractivity contribution in [3.05, 3.63) is 11.5 Å². The Morgan fingerprint density at radius 1 is 1.36 bits per heavy atom. The van der Waals surface area contributed by atoms with Gasteiger partial charge in [-0.1, -0.05) is 8.20 Å². The fourth-order valence-electron chi connectivity index (χ4n) is 1.43. The Balaban J connectivity index is 2.34. The van der Waals surface area contributed by atoms with E-state index in [2.05, 4.69) is 13.8 Å². The molecule has 3 heteroatoms.